The van der Waals surface area contributed by atoms with Crippen molar-refractivity contribution in [1.29, 1.82) is 0 Å². The highest BCUT2D eigenvalue weighted by Crippen LogP contribution is 2.24. The zero-order valence-electron chi connectivity index (χ0n) is 14.5. The Morgan fingerprint density at radius 3 is 2.30 bits per heavy atom. The Bertz CT molecular complexity index is 501. The van der Waals surface area contributed by atoms with Gasteiger partial charge in [-0.1, -0.05) is 51.5 Å². The number of esters is 1. The number of rotatable bonds is 5. The van der Waals surface area contributed by atoms with Crippen LogP contribution in [0.3, 0.4) is 0 Å². The van der Waals surface area contributed by atoms with E-state index in [1.54, 1.807) is 6.08 Å². The minimum absolute atomic E-state index is 0.309. The molecule has 1 aromatic carbocycles. The molecule has 0 heterocycles. The second-order valence-electron chi connectivity index (χ2n) is 4.70. The van der Waals surface area contributed by atoms with Gasteiger partial charge in [-0.25, -0.2) is 4.79 Å². The lowest BCUT2D eigenvalue weighted by molar-refractivity contribution is -0.138. The predicted molar refractivity (Wildman–Crippen MR) is 96.3 cm³/mol. The number of hydrogen-bond acceptors (Lipinski definition) is 3. The molecule has 126 valence electrons. The van der Waals surface area contributed by atoms with Crippen molar-refractivity contribution < 1.29 is 14.3 Å². The van der Waals surface area contributed by atoms with Crippen LogP contribution in [-0.2, 0) is 9.53 Å². The summed E-state index contributed by atoms with van der Waals surface area (Å²) < 4.78 is 10.8. The zero-order chi connectivity index (χ0) is 17.5. The molecule has 0 atom stereocenters. The molecular weight excluding hydrogens is 288 g/mol. The maximum atomic E-state index is 11.8. The van der Waals surface area contributed by atoms with Gasteiger partial charge in [0, 0.05) is 6.42 Å². The Hall–Kier alpha value is -2.29. The molecule has 0 spiro atoms. The van der Waals surface area contributed by atoms with Crippen molar-refractivity contribution in [3.05, 3.63) is 67.0 Å². The Morgan fingerprint density at radius 2 is 1.74 bits per heavy atom. The number of para-hydroxylation sites is 1. The van der Waals surface area contributed by atoms with Crippen molar-refractivity contribution in [2.75, 3.05) is 6.61 Å². The van der Waals surface area contributed by atoms with E-state index in [0.717, 1.165) is 12.2 Å². The summed E-state index contributed by atoms with van der Waals surface area (Å²) in [7, 11) is 0. The van der Waals surface area contributed by atoms with Gasteiger partial charge in [-0.05, 0) is 24.6 Å². The van der Waals surface area contributed by atoms with Crippen LogP contribution in [0.1, 0.15) is 40.0 Å². The van der Waals surface area contributed by atoms with Crippen molar-refractivity contribution in [2.24, 2.45) is 0 Å². The van der Waals surface area contributed by atoms with Crippen molar-refractivity contribution >= 4 is 5.97 Å². The molecule has 1 aliphatic carbocycles. The lowest BCUT2D eigenvalue weighted by Gasteiger charge is -2.09. The van der Waals surface area contributed by atoms with Crippen LogP contribution >= 0.6 is 0 Å². The Balaban J connectivity index is 0.000000868. The third kappa shape index (κ3) is 8.05. The van der Waals surface area contributed by atoms with E-state index in [1.165, 1.54) is 6.42 Å². The molecule has 0 aliphatic heterocycles. The van der Waals surface area contributed by atoms with Crippen LogP contribution in [0.15, 0.2) is 67.0 Å². The normalized spacial score (nSPS) is 11.8. The van der Waals surface area contributed by atoms with E-state index >= 15 is 0 Å². The first kappa shape index (κ1) is 20.7. The average molecular weight is 316 g/mol. The van der Waals surface area contributed by atoms with E-state index in [4.69, 9.17) is 9.47 Å². The second-order valence-corrected chi connectivity index (χ2v) is 4.70. The Labute approximate surface area is 140 Å². The highest BCUT2D eigenvalue weighted by Gasteiger charge is 2.19. The molecular formula is C20H28O3. The molecule has 0 radical (unpaired) electrons. The van der Waals surface area contributed by atoms with Gasteiger partial charge in [0.25, 0.3) is 0 Å². The molecule has 23 heavy (non-hydrogen) atoms. The van der Waals surface area contributed by atoms with E-state index in [-0.39, 0.29) is 5.97 Å². The van der Waals surface area contributed by atoms with Crippen LogP contribution < -0.4 is 4.74 Å². The van der Waals surface area contributed by atoms with Gasteiger partial charge in [-0.15, -0.1) is 13.2 Å². The minimum atomic E-state index is -0.309. The minimum Gasteiger partial charge on any atom is -0.462 e. The Morgan fingerprint density at radius 1 is 1.13 bits per heavy atom. The van der Waals surface area contributed by atoms with E-state index in [9.17, 15) is 4.79 Å². The van der Waals surface area contributed by atoms with Gasteiger partial charge < -0.3 is 9.47 Å². The summed E-state index contributed by atoms with van der Waals surface area (Å²) >= 11 is 0. The van der Waals surface area contributed by atoms with Crippen LogP contribution in [0, 0.1) is 0 Å². The maximum Gasteiger partial charge on any atom is 0.341 e. The average Bonchev–Trinajstić information content (AvgIpc) is 3.04. The summed E-state index contributed by atoms with van der Waals surface area (Å²) in [5.74, 6) is 1.08. The van der Waals surface area contributed by atoms with Crippen LogP contribution in [0.2, 0.25) is 0 Å². The van der Waals surface area contributed by atoms with E-state index < -0.39 is 0 Å². The molecule has 3 heteroatoms. The maximum absolute atomic E-state index is 11.8. The molecule has 0 N–H and O–H groups in total. The van der Waals surface area contributed by atoms with Crippen molar-refractivity contribution in [3.8, 4) is 5.75 Å². The van der Waals surface area contributed by atoms with Crippen LogP contribution in [-0.4, -0.2) is 12.6 Å². The summed E-state index contributed by atoms with van der Waals surface area (Å²) in [5.41, 5.74) is 0.521. The van der Waals surface area contributed by atoms with Gasteiger partial charge in [0.05, 0.1) is 12.2 Å². The number of benzene rings is 1. The molecule has 3 nitrogen and oxygen atoms in total. The molecule has 0 saturated carbocycles. The fraction of sp³-hybridized carbons (Fsp3) is 0.350. The molecule has 0 saturated heterocycles. The lowest BCUT2D eigenvalue weighted by Crippen LogP contribution is -2.10. The van der Waals surface area contributed by atoms with Crippen LogP contribution in [0.4, 0.5) is 0 Å². The smallest absolute Gasteiger partial charge is 0.341 e. The summed E-state index contributed by atoms with van der Waals surface area (Å²) in [4.78, 5) is 11.8. The second kappa shape index (κ2) is 13.4. The molecule has 0 aromatic heterocycles. The predicted octanol–water partition coefficient (Wildman–Crippen LogP) is 5.45. The fourth-order valence-corrected chi connectivity index (χ4v) is 1.67. The van der Waals surface area contributed by atoms with Gasteiger partial charge in [0.15, 0.2) is 0 Å². The number of hydrogen-bond donors (Lipinski definition) is 0. The van der Waals surface area contributed by atoms with Crippen molar-refractivity contribution in [2.45, 2.75) is 40.0 Å². The topological polar surface area (TPSA) is 35.5 Å². The molecule has 1 aliphatic rings. The van der Waals surface area contributed by atoms with Crippen LogP contribution in [0.25, 0.3) is 0 Å². The molecule has 0 fully saturated rings. The number of carbonyl (C=O) groups excluding carboxylic acids is 1. The SMILES string of the molecule is C=C.CCC.CCCOC(=O)C1=C(Oc2ccccc2)CC=C1. The van der Waals surface area contributed by atoms with Gasteiger partial charge in [-0.2, -0.15) is 0 Å². The molecule has 0 amide bonds. The number of ether oxygens (including phenoxy) is 2. The molecule has 2 rings (SSSR count). The third-order valence-corrected chi connectivity index (χ3v) is 2.53. The highest BCUT2D eigenvalue weighted by molar-refractivity contribution is 5.93. The van der Waals surface area contributed by atoms with Gasteiger partial charge in [0.2, 0.25) is 0 Å². The molecule has 0 unspecified atom stereocenters. The van der Waals surface area contributed by atoms with E-state index in [1.807, 2.05) is 43.3 Å². The van der Waals surface area contributed by atoms with Gasteiger partial charge >= 0.3 is 5.97 Å². The van der Waals surface area contributed by atoms with Crippen LogP contribution in [0.5, 0.6) is 5.75 Å². The zero-order valence-corrected chi connectivity index (χ0v) is 14.5. The summed E-state index contributed by atoms with van der Waals surface area (Å²) in [5, 5.41) is 0. The van der Waals surface area contributed by atoms with Gasteiger partial charge in [-0.3, -0.25) is 0 Å². The van der Waals surface area contributed by atoms with Crippen molar-refractivity contribution in [3.63, 3.8) is 0 Å². The third-order valence-electron chi connectivity index (χ3n) is 2.53. The Kier molecular flexibility index (Phi) is 12.0. The molecule has 0 bridgehead atoms. The summed E-state index contributed by atoms with van der Waals surface area (Å²) in [6.45, 7) is 12.7. The summed E-state index contributed by atoms with van der Waals surface area (Å²) in [6.07, 6.45) is 6.36. The fourth-order valence-electron chi connectivity index (χ4n) is 1.67. The highest BCUT2D eigenvalue weighted by atomic mass is 16.5. The van der Waals surface area contributed by atoms with E-state index in [0.29, 0.717) is 24.4 Å². The first-order valence-corrected chi connectivity index (χ1v) is 8.02. The number of carbonyl (C=O) groups is 1. The summed E-state index contributed by atoms with van der Waals surface area (Å²) in [6, 6.07) is 9.44. The molecule has 1 aromatic rings. The monoisotopic (exact) mass is 316 g/mol. The standard InChI is InChI=1S/C15H16O3.C3H8.C2H4/c1-2-11-17-15(16)13-9-6-10-14(13)18-12-7-4-3-5-8-12;1-3-2;1-2/h3-9H,2,10-11H2,1H3;3H2,1-2H3;1-2H2. The first-order valence-electron chi connectivity index (χ1n) is 8.02. The first-order chi connectivity index (χ1) is 11.2. The van der Waals surface area contributed by atoms with E-state index in [2.05, 4.69) is 27.0 Å². The largest absolute Gasteiger partial charge is 0.462 e. The quantitative estimate of drug-likeness (QED) is 0.535. The lowest BCUT2D eigenvalue weighted by atomic mass is 10.2. The van der Waals surface area contributed by atoms with Gasteiger partial charge in [0.1, 0.15) is 11.5 Å². The number of allylic oxidation sites excluding steroid dienone is 1. The van der Waals surface area contributed by atoms with Crippen molar-refractivity contribution in [1.82, 2.24) is 0 Å².